The minimum atomic E-state index is -0.802. The predicted octanol–water partition coefficient (Wildman–Crippen LogP) is 3.05. The molecule has 7 heteroatoms. The van der Waals surface area contributed by atoms with E-state index in [1.807, 2.05) is 0 Å². The van der Waals surface area contributed by atoms with Crippen LogP contribution in [-0.2, 0) is 9.47 Å². The summed E-state index contributed by atoms with van der Waals surface area (Å²) in [5, 5.41) is 0. The van der Waals surface area contributed by atoms with Gasteiger partial charge in [-0.1, -0.05) is 0 Å². The van der Waals surface area contributed by atoms with Gasteiger partial charge in [-0.2, -0.15) is 0 Å². The number of hydrogen-bond acceptors (Lipinski definition) is 5. The lowest BCUT2D eigenvalue weighted by Crippen LogP contribution is -2.18. The molecule has 0 spiro atoms. The second-order valence-electron chi connectivity index (χ2n) is 3.13. The molecule has 2 heterocycles. The van der Waals surface area contributed by atoms with Gasteiger partial charge in [0.1, 0.15) is 0 Å². The molecule has 1 aromatic rings. The molecular formula is C8H2Br2O4S. The third-order valence-corrected chi connectivity index (χ3v) is 4.94. The Bertz CT molecular complexity index is 495. The van der Waals surface area contributed by atoms with E-state index in [1.165, 1.54) is 11.3 Å². The van der Waals surface area contributed by atoms with Crippen LogP contribution in [0.2, 0.25) is 0 Å². The molecule has 1 saturated heterocycles. The first-order chi connectivity index (χ1) is 7.09. The molecular weight excluding hydrogens is 352 g/mol. The van der Waals surface area contributed by atoms with Gasteiger partial charge in [0.25, 0.3) is 0 Å². The van der Waals surface area contributed by atoms with Crippen molar-refractivity contribution in [3.63, 3.8) is 0 Å². The summed E-state index contributed by atoms with van der Waals surface area (Å²) in [5.41, 5.74) is 1.28. The summed E-state index contributed by atoms with van der Waals surface area (Å²) >= 11 is 8.04. The van der Waals surface area contributed by atoms with Gasteiger partial charge in [-0.25, -0.2) is 4.79 Å². The zero-order valence-electron chi connectivity index (χ0n) is 6.95. The first kappa shape index (κ1) is 9.80. The van der Waals surface area contributed by atoms with Crippen molar-refractivity contribution >= 4 is 55.1 Å². The lowest BCUT2D eigenvalue weighted by molar-refractivity contribution is 0.0752. The van der Waals surface area contributed by atoms with Gasteiger partial charge in [-0.05, 0) is 31.9 Å². The zero-order valence-corrected chi connectivity index (χ0v) is 10.9. The van der Waals surface area contributed by atoms with E-state index in [1.54, 1.807) is 0 Å². The number of carbonyl (C=O) groups excluding carboxylic acids is 2. The van der Waals surface area contributed by atoms with E-state index >= 15 is 0 Å². The molecule has 0 radical (unpaired) electrons. The summed E-state index contributed by atoms with van der Waals surface area (Å²) < 4.78 is 11.3. The molecule has 0 amide bonds. The second-order valence-corrected chi connectivity index (χ2v) is 6.79. The quantitative estimate of drug-likeness (QED) is 0.673. The van der Waals surface area contributed by atoms with Crippen LogP contribution in [0.1, 0.15) is 22.0 Å². The van der Waals surface area contributed by atoms with Crippen molar-refractivity contribution in [2.45, 2.75) is 12.2 Å². The fraction of sp³-hybridized carbons (Fsp3) is 0.250. The Balaban J connectivity index is 2.21. The smallest absolute Gasteiger partial charge is 0.421 e. The van der Waals surface area contributed by atoms with Crippen LogP contribution in [0.4, 0.5) is 4.79 Å². The second kappa shape index (κ2) is 3.05. The van der Waals surface area contributed by atoms with Gasteiger partial charge in [0, 0.05) is 5.56 Å². The SMILES string of the molecule is O=C1O[C@@H]2c3c(Br)sc(Br)c3C(=O)[C@@H]2O1. The van der Waals surface area contributed by atoms with Gasteiger partial charge in [0.15, 0.2) is 6.10 Å². The Hall–Kier alpha value is -0.400. The molecule has 1 aliphatic heterocycles. The van der Waals surface area contributed by atoms with E-state index in [0.29, 0.717) is 11.1 Å². The summed E-state index contributed by atoms with van der Waals surface area (Å²) in [6.45, 7) is 0. The van der Waals surface area contributed by atoms with Crippen molar-refractivity contribution in [2.75, 3.05) is 0 Å². The lowest BCUT2D eigenvalue weighted by atomic mass is 10.2. The number of carbonyl (C=O) groups is 2. The summed E-state index contributed by atoms with van der Waals surface area (Å²) in [5.74, 6) is -0.199. The van der Waals surface area contributed by atoms with Crippen LogP contribution in [0, 0.1) is 0 Å². The minimum Gasteiger partial charge on any atom is -0.421 e. The highest BCUT2D eigenvalue weighted by atomic mass is 79.9. The molecule has 1 aromatic heterocycles. The monoisotopic (exact) mass is 352 g/mol. The highest BCUT2D eigenvalue weighted by Crippen LogP contribution is 2.50. The number of rotatable bonds is 0. The van der Waals surface area contributed by atoms with E-state index in [4.69, 9.17) is 9.47 Å². The van der Waals surface area contributed by atoms with Crippen LogP contribution in [0.3, 0.4) is 0 Å². The van der Waals surface area contributed by atoms with E-state index < -0.39 is 18.4 Å². The number of ether oxygens (including phenoxy) is 2. The molecule has 1 aliphatic carbocycles. The van der Waals surface area contributed by atoms with E-state index in [-0.39, 0.29) is 5.78 Å². The molecule has 4 nitrogen and oxygen atoms in total. The summed E-state index contributed by atoms with van der Waals surface area (Å²) in [6, 6.07) is 0. The standard InChI is InChI=1S/C8H2Br2O4S/c9-6-1-2(7(10)15-6)4-5(3(1)11)14-8(12)13-4/h4-5H/t4-,5+/m1/s1. The molecule has 2 aliphatic rings. The third kappa shape index (κ3) is 1.17. The molecule has 0 unspecified atom stereocenters. The summed E-state index contributed by atoms with van der Waals surface area (Å²) in [4.78, 5) is 22.8. The van der Waals surface area contributed by atoms with Crippen molar-refractivity contribution in [1.82, 2.24) is 0 Å². The number of hydrogen-bond donors (Lipinski definition) is 0. The van der Waals surface area contributed by atoms with Crippen molar-refractivity contribution in [1.29, 1.82) is 0 Å². The van der Waals surface area contributed by atoms with Gasteiger partial charge in [0.05, 0.1) is 13.1 Å². The molecule has 2 atom stereocenters. The number of thiophene rings is 1. The largest absolute Gasteiger partial charge is 0.509 e. The van der Waals surface area contributed by atoms with Crippen LogP contribution in [0.15, 0.2) is 7.57 Å². The van der Waals surface area contributed by atoms with E-state index in [0.717, 1.165) is 7.57 Å². The van der Waals surface area contributed by atoms with E-state index in [2.05, 4.69) is 31.9 Å². The molecule has 78 valence electrons. The Morgan fingerprint density at radius 2 is 1.73 bits per heavy atom. The Kier molecular flexibility index (Phi) is 1.99. The average molecular weight is 354 g/mol. The lowest BCUT2D eigenvalue weighted by Gasteiger charge is -2.03. The van der Waals surface area contributed by atoms with Gasteiger partial charge >= 0.3 is 6.16 Å². The van der Waals surface area contributed by atoms with Gasteiger partial charge < -0.3 is 9.47 Å². The van der Waals surface area contributed by atoms with Crippen molar-refractivity contribution < 1.29 is 19.1 Å². The predicted molar refractivity (Wildman–Crippen MR) is 58.1 cm³/mol. The van der Waals surface area contributed by atoms with Gasteiger partial charge in [-0.15, -0.1) is 11.3 Å². The van der Waals surface area contributed by atoms with Crippen molar-refractivity contribution in [2.24, 2.45) is 0 Å². The fourth-order valence-corrected chi connectivity index (χ4v) is 5.03. The summed E-state index contributed by atoms with van der Waals surface area (Å²) in [7, 11) is 0. The number of fused-ring (bicyclic) bond motifs is 3. The van der Waals surface area contributed by atoms with Crippen LogP contribution < -0.4 is 0 Å². The minimum absolute atomic E-state index is 0.199. The molecule has 3 rings (SSSR count). The van der Waals surface area contributed by atoms with E-state index in [9.17, 15) is 9.59 Å². The van der Waals surface area contributed by atoms with Crippen LogP contribution in [0.25, 0.3) is 0 Å². The first-order valence-corrected chi connectivity index (χ1v) is 6.39. The summed E-state index contributed by atoms with van der Waals surface area (Å²) in [6.07, 6.45) is -2.17. The highest BCUT2D eigenvalue weighted by molar-refractivity contribution is 9.12. The maximum absolute atomic E-state index is 11.9. The number of ketones is 1. The fourth-order valence-electron chi connectivity index (χ4n) is 1.77. The Morgan fingerprint density at radius 1 is 1.07 bits per heavy atom. The molecule has 0 saturated carbocycles. The van der Waals surface area contributed by atoms with Crippen LogP contribution in [0.5, 0.6) is 0 Å². The Labute approximate surface area is 105 Å². The van der Waals surface area contributed by atoms with Crippen molar-refractivity contribution in [3.8, 4) is 0 Å². The van der Waals surface area contributed by atoms with Crippen molar-refractivity contribution in [3.05, 3.63) is 18.7 Å². The molecule has 0 aromatic carbocycles. The zero-order chi connectivity index (χ0) is 10.7. The topological polar surface area (TPSA) is 52.6 Å². The average Bonchev–Trinajstić information content (AvgIpc) is 2.71. The normalized spacial score (nSPS) is 27.3. The third-order valence-electron chi connectivity index (χ3n) is 2.37. The molecule has 15 heavy (non-hydrogen) atoms. The maximum atomic E-state index is 11.9. The van der Waals surface area contributed by atoms with Gasteiger partial charge in [0.2, 0.25) is 11.9 Å². The Morgan fingerprint density at radius 3 is 2.47 bits per heavy atom. The first-order valence-electron chi connectivity index (χ1n) is 3.98. The molecule has 0 N–H and O–H groups in total. The molecule has 0 bridgehead atoms. The molecule has 1 fully saturated rings. The van der Waals surface area contributed by atoms with Crippen LogP contribution in [-0.4, -0.2) is 18.0 Å². The maximum Gasteiger partial charge on any atom is 0.509 e. The van der Waals surface area contributed by atoms with Crippen LogP contribution >= 0.6 is 43.2 Å². The van der Waals surface area contributed by atoms with Gasteiger partial charge in [-0.3, -0.25) is 4.79 Å². The number of halogens is 2. The highest BCUT2D eigenvalue weighted by Gasteiger charge is 2.53. The number of Topliss-reactive ketones (excluding diaryl/α,β-unsaturated/α-hetero) is 1.